The molecule has 0 unspecified atom stereocenters. The maximum atomic E-state index is 13.6. The first-order valence-electron chi connectivity index (χ1n) is 5.73. The highest BCUT2D eigenvalue weighted by atomic mass is 79.9. The predicted octanol–water partition coefficient (Wildman–Crippen LogP) is 4.29. The lowest BCUT2D eigenvalue weighted by molar-refractivity contribution is 0.111. The zero-order valence-corrected chi connectivity index (χ0v) is 11.9. The lowest BCUT2D eigenvalue weighted by Gasteiger charge is -2.12. The first-order chi connectivity index (χ1) is 9.11. The third-order valence-electron chi connectivity index (χ3n) is 2.75. The van der Waals surface area contributed by atoms with E-state index in [0.717, 1.165) is 16.3 Å². The summed E-state index contributed by atoms with van der Waals surface area (Å²) < 4.78 is 20.0. The Kier molecular flexibility index (Phi) is 4.32. The summed E-state index contributed by atoms with van der Waals surface area (Å²) in [7, 11) is 0. The maximum Gasteiger partial charge on any atom is 0.153 e. The highest BCUT2D eigenvalue weighted by Gasteiger charge is 2.09. The summed E-state index contributed by atoms with van der Waals surface area (Å²) in [6.45, 7) is 1.93. The second kappa shape index (κ2) is 5.97. The van der Waals surface area contributed by atoms with E-state index < -0.39 is 0 Å². The summed E-state index contributed by atoms with van der Waals surface area (Å²) in [5.41, 5.74) is 1.75. The van der Waals surface area contributed by atoms with Gasteiger partial charge in [0.15, 0.2) is 6.29 Å². The third kappa shape index (κ3) is 3.20. The smallest absolute Gasteiger partial charge is 0.153 e. The summed E-state index contributed by atoms with van der Waals surface area (Å²) in [5.74, 6) is 0.168. The normalized spacial score (nSPS) is 10.3. The number of ether oxygens (including phenoxy) is 1. The standard InChI is InChI=1S/C15H12BrFO2/c1-10-3-2-4-11(8-18)15(10)19-9-12-7-13(16)5-6-14(12)17/h2-8H,9H2,1H3. The fourth-order valence-electron chi connectivity index (χ4n) is 1.77. The van der Waals surface area contributed by atoms with E-state index in [1.165, 1.54) is 6.07 Å². The molecule has 0 aliphatic carbocycles. The predicted molar refractivity (Wildman–Crippen MR) is 75.0 cm³/mol. The van der Waals surface area contributed by atoms with E-state index in [1.807, 2.05) is 13.0 Å². The van der Waals surface area contributed by atoms with Gasteiger partial charge in [0.2, 0.25) is 0 Å². The SMILES string of the molecule is Cc1cccc(C=O)c1OCc1cc(Br)ccc1F. The van der Waals surface area contributed by atoms with Crippen molar-refractivity contribution in [1.82, 2.24) is 0 Å². The average Bonchev–Trinajstić information content (AvgIpc) is 2.40. The minimum Gasteiger partial charge on any atom is -0.488 e. The van der Waals surface area contributed by atoms with Gasteiger partial charge in [-0.3, -0.25) is 4.79 Å². The number of benzene rings is 2. The quantitative estimate of drug-likeness (QED) is 0.785. The van der Waals surface area contributed by atoms with Crippen LogP contribution in [-0.4, -0.2) is 6.29 Å². The number of aryl methyl sites for hydroxylation is 1. The van der Waals surface area contributed by atoms with Crippen molar-refractivity contribution in [3.8, 4) is 5.75 Å². The molecule has 2 nitrogen and oxygen atoms in total. The van der Waals surface area contributed by atoms with Crippen LogP contribution in [0.3, 0.4) is 0 Å². The van der Waals surface area contributed by atoms with Gasteiger partial charge in [0, 0.05) is 10.0 Å². The first-order valence-corrected chi connectivity index (χ1v) is 6.52. The molecule has 0 saturated carbocycles. The van der Waals surface area contributed by atoms with Crippen LogP contribution in [0.1, 0.15) is 21.5 Å². The summed E-state index contributed by atoms with van der Waals surface area (Å²) in [5, 5.41) is 0. The molecular formula is C15H12BrFO2. The molecule has 0 heterocycles. The number of rotatable bonds is 4. The number of halogens is 2. The Balaban J connectivity index is 2.23. The summed E-state index contributed by atoms with van der Waals surface area (Å²) in [6, 6.07) is 9.97. The molecule has 0 amide bonds. The fraction of sp³-hybridized carbons (Fsp3) is 0.133. The highest BCUT2D eigenvalue weighted by molar-refractivity contribution is 9.10. The van der Waals surface area contributed by atoms with Crippen LogP contribution >= 0.6 is 15.9 Å². The van der Waals surface area contributed by atoms with Gasteiger partial charge >= 0.3 is 0 Å². The molecule has 0 N–H and O–H groups in total. The van der Waals surface area contributed by atoms with Crippen molar-refractivity contribution in [1.29, 1.82) is 0 Å². The van der Waals surface area contributed by atoms with Gasteiger partial charge in [0.05, 0.1) is 5.56 Å². The Labute approximate surface area is 119 Å². The van der Waals surface area contributed by atoms with E-state index in [2.05, 4.69) is 15.9 Å². The molecule has 0 bridgehead atoms. The van der Waals surface area contributed by atoms with Crippen LogP contribution in [0.2, 0.25) is 0 Å². The summed E-state index contributed by atoms with van der Waals surface area (Å²) in [6.07, 6.45) is 0.736. The van der Waals surface area contributed by atoms with Crippen LogP contribution in [0.5, 0.6) is 5.75 Å². The second-order valence-electron chi connectivity index (χ2n) is 4.14. The Morgan fingerprint density at radius 1 is 1.32 bits per heavy atom. The summed E-state index contributed by atoms with van der Waals surface area (Å²) >= 11 is 3.29. The van der Waals surface area contributed by atoms with E-state index in [4.69, 9.17) is 4.74 Å². The van der Waals surface area contributed by atoms with Crippen LogP contribution in [0.15, 0.2) is 40.9 Å². The van der Waals surface area contributed by atoms with E-state index in [-0.39, 0.29) is 12.4 Å². The van der Waals surface area contributed by atoms with Gasteiger partial charge in [0.25, 0.3) is 0 Å². The monoisotopic (exact) mass is 322 g/mol. The molecule has 4 heteroatoms. The van der Waals surface area contributed by atoms with Crippen molar-refractivity contribution in [2.75, 3.05) is 0 Å². The van der Waals surface area contributed by atoms with E-state index in [0.29, 0.717) is 16.9 Å². The van der Waals surface area contributed by atoms with Crippen LogP contribution in [0.25, 0.3) is 0 Å². The second-order valence-corrected chi connectivity index (χ2v) is 5.05. The molecule has 2 aromatic carbocycles. The molecule has 0 saturated heterocycles. The number of aldehydes is 1. The van der Waals surface area contributed by atoms with Crippen LogP contribution in [0, 0.1) is 12.7 Å². The van der Waals surface area contributed by atoms with Crippen molar-refractivity contribution in [3.05, 3.63) is 63.4 Å². The van der Waals surface area contributed by atoms with E-state index in [9.17, 15) is 9.18 Å². The summed E-state index contributed by atoms with van der Waals surface area (Å²) in [4.78, 5) is 11.0. The van der Waals surface area contributed by atoms with Gasteiger partial charge in [-0.15, -0.1) is 0 Å². The molecule has 0 spiro atoms. The van der Waals surface area contributed by atoms with Crippen molar-refractivity contribution < 1.29 is 13.9 Å². The van der Waals surface area contributed by atoms with Gasteiger partial charge in [-0.1, -0.05) is 28.1 Å². The molecule has 0 aliphatic rings. The number of carbonyl (C=O) groups excluding carboxylic acids is 1. The lowest BCUT2D eigenvalue weighted by Crippen LogP contribution is -2.02. The number of hydrogen-bond donors (Lipinski definition) is 0. The molecule has 2 rings (SSSR count). The Bertz CT molecular complexity index is 611. The van der Waals surface area contributed by atoms with Gasteiger partial charge in [0.1, 0.15) is 18.2 Å². The van der Waals surface area contributed by atoms with Crippen molar-refractivity contribution in [2.45, 2.75) is 13.5 Å². The molecular weight excluding hydrogens is 311 g/mol. The van der Waals surface area contributed by atoms with Gasteiger partial charge in [-0.05, 0) is 36.8 Å². The highest BCUT2D eigenvalue weighted by Crippen LogP contribution is 2.24. The molecule has 0 aromatic heterocycles. The van der Waals surface area contributed by atoms with Crippen molar-refractivity contribution in [2.24, 2.45) is 0 Å². The topological polar surface area (TPSA) is 26.3 Å². The minimum atomic E-state index is -0.329. The van der Waals surface area contributed by atoms with Crippen LogP contribution < -0.4 is 4.74 Å². The Hall–Kier alpha value is -1.68. The largest absolute Gasteiger partial charge is 0.488 e. The molecule has 19 heavy (non-hydrogen) atoms. The zero-order chi connectivity index (χ0) is 13.8. The Morgan fingerprint density at radius 2 is 2.11 bits per heavy atom. The van der Waals surface area contributed by atoms with Gasteiger partial charge < -0.3 is 4.74 Å². The van der Waals surface area contributed by atoms with Crippen LogP contribution in [-0.2, 0) is 6.61 Å². The third-order valence-corrected chi connectivity index (χ3v) is 3.24. The molecule has 0 atom stereocenters. The van der Waals surface area contributed by atoms with Crippen molar-refractivity contribution in [3.63, 3.8) is 0 Å². The van der Waals surface area contributed by atoms with Crippen molar-refractivity contribution >= 4 is 22.2 Å². The number of hydrogen-bond acceptors (Lipinski definition) is 2. The zero-order valence-electron chi connectivity index (χ0n) is 10.3. The Morgan fingerprint density at radius 3 is 2.84 bits per heavy atom. The minimum absolute atomic E-state index is 0.0803. The average molecular weight is 323 g/mol. The number of para-hydroxylation sites is 1. The molecule has 0 radical (unpaired) electrons. The lowest BCUT2D eigenvalue weighted by atomic mass is 10.1. The molecule has 0 aliphatic heterocycles. The first kappa shape index (κ1) is 13.7. The molecule has 0 fully saturated rings. The number of carbonyl (C=O) groups is 1. The van der Waals surface area contributed by atoms with Crippen LogP contribution in [0.4, 0.5) is 4.39 Å². The fourth-order valence-corrected chi connectivity index (χ4v) is 2.18. The van der Waals surface area contributed by atoms with E-state index in [1.54, 1.807) is 24.3 Å². The maximum absolute atomic E-state index is 13.6. The van der Waals surface area contributed by atoms with Gasteiger partial charge in [-0.2, -0.15) is 0 Å². The van der Waals surface area contributed by atoms with Gasteiger partial charge in [-0.25, -0.2) is 4.39 Å². The molecule has 2 aromatic rings. The molecule has 98 valence electrons. The van der Waals surface area contributed by atoms with E-state index >= 15 is 0 Å².